The average molecular weight is 399 g/mol. The largest absolute Gasteiger partial charge is 0.456 e. The average Bonchev–Trinajstić information content (AvgIpc) is 2.42. The van der Waals surface area contributed by atoms with E-state index in [-0.39, 0.29) is 6.04 Å². The quantitative estimate of drug-likeness (QED) is 0.699. The Balaban J connectivity index is 2.35. The first kappa shape index (κ1) is 15.5. The van der Waals surface area contributed by atoms with Crippen LogP contribution in [0.2, 0.25) is 0 Å². The third-order valence-electron chi connectivity index (χ3n) is 3.01. The lowest BCUT2D eigenvalue weighted by molar-refractivity contribution is 0.460. The van der Waals surface area contributed by atoms with E-state index in [1.165, 1.54) is 0 Å². The van der Waals surface area contributed by atoms with Crippen LogP contribution >= 0.6 is 31.9 Å². The van der Waals surface area contributed by atoms with Gasteiger partial charge in [0.1, 0.15) is 11.5 Å². The normalized spacial score (nSPS) is 12.2. The number of benzene rings is 2. The first-order chi connectivity index (χ1) is 9.61. The van der Waals surface area contributed by atoms with Crippen molar-refractivity contribution in [3.8, 4) is 11.5 Å². The van der Waals surface area contributed by atoms with Gasteiger partial charge >= 0.3 is 0 Å². The standard InChI is InChI=1S/C16H17Br2NO/c1-3-19-11(2)13-9-8-12(17)10-16(13)20-15-7-5-4-6-14(15)18/h4-11,19H,3H2,1-2H3. The molecule has 2 rings (SSSR count). The molecule has 0 saturated carbocycles. The Kier molecular flexibility index (Phi) is 5.64. The van der Waals surface area contributed by atoms with Crippen LogP contribution in [0, 0.1) is 0 Å². The zero-order valence-electron chi connectivity index (χ0n) is 11.5. The molecule has 0 spiro atoms. The summed E-state index contributed by atoms with van der Waals surface area (Å²) in [5.41, 5.74) is 1.14. The number of nitrogens with one attached hydrogen (secondary N) is 1. The van der Waals surface area contributed by atoms with Crippen molar-refractivity contribution in [1.82, 2.24) is 5.32 Å². The molecule has 20 heavy (non-hydrogen) atoms. The zero-order chi connectivity index (χ0) is 14.5. The van der Waals surface area contributed by atoms with E-state index in [1.54, 1.807) is 0 Å². The molecular weight excluding hydrogens is 382 g/mol. The van der Waals surface area contributed by atoms with Crippen LogP contribution in [0.5, 0.6) is 11.5 Å². The van der Waals surface area contributed by atoms with Gasteiger partial charge in [-0.1, -0.05) is 41.1 Å². The van der Waals surface area contributed by atoms with E-state index < -0.39 is 0 Å². The van der Waals surface area contributed by atoms with Crippen LogP contribution in [0.4, 0.5) is 0 Å². The lowest BCUT2D eigenvalue weighted by atomic mass is 10.1. The maximum absolute atomic E-state index is 6.07. The van der Waals surface area contributed by atoms with Gasteiger partial charge in [0, 0.05) is 16.1 Å². The highest BCUT2D eigenvalue weighted by Gasteiger charge is 2.13. The highest BCUT2D eigenvalue weighted by atomic mass is 79.9. The van der Waals surface area contributed by atoms with E-state index in [1.807, 2.05) is 36.4 Å². The highest BCUT2D eigenvalue weighted by Crippen LogP contribution is 2.35. The topological polar surface area (TPSA) is 21.3 Å². The Bertz CT molecular complexity index is 586. The molecule has 0 aliphatic heterocycles. The van der Waals surface area contributed by atoms with Crippen molar-refractivity contribution in [1.29, 1.82) is 0 Å². The smallest absolute Gasteiger partial charge is 0.141 e. The van der Waals surface area contributed by atoms with E-state index in [4.69, 9.17) is 4.74 Å². The molecular formula is C16H17Br2NO. The molecule has 2 aromatic carbocycles. The first-order valence-corrected chi connectivity index (χ1v) is 8.15. The molecule has 0 bridgehead atoms. The zero-order valence-corrected chi connectivity index (χ0v) is 14.7. The van der Waals surface area contributed by atoms with Crippen LogP contribution in [0.3, 0.4) is 0 Å². The monoisotopic (exact) mass is 397 g/mol. The summed E-state index contributed by atoms with van der Waals surface area (Å²) in [4.78, 5) is 0. The Morgan fingerprint density at radius 2 is 1.85 bits per heavy atom. The summed E-state index contributed by atoms with van der Waals surface area (Å²) in [7, 11) is 0. The van der Waals surface area contributed by atoms with Crippen molar-refractivity contribution in [3.05, 3.63) is 57.0 Å². The van der Waals surface area contributed by atoms with Crippen LogP contribution in [0.15, 0.2) is 51.4 Å². The van der Waals surface area contributed by atoms with Gasteiger partial charge in [0.15, 0.2) is 0 Å². The summed E-state index contributed by atoms with van der Waals surface area (Å²) in [6.45, 7) is 5.16. The number of halogens is 2. The Morgan fingerprint density at radius 3 is 2.55 bits per heavy atom. The number of para-hydroxylation sites is 1. The summed E-state index contributed by atoms with van der Waals surface area (Å²) in [6.07, 6.45) is 0. The van der Waals surface area contributed by atoms with Crippen molar-refractivity contribution in [2.24, 2.45) is 0 Å². The molecule has 0 aromatic heterocycles. The summed E-state index contributed by atoms with van der Waals surface area (Å²) < 4.78 is 8.02. The fourth-order valence-corrected chi connectivity index (χ4v) is 2.72. The minimum Gasteiger partial charge on any atom is -0.456 e. The van der Waals surface area contributed by atoms with Gasteiger partial charge in [0.2, 0.25) is 0 Å². The fourth-order valence-electron chi connectivity index (χ4n) is 2.02. The van der Waals surface area contributed by atoms with Crippen LogP contribution in [0.25, 0.3) is 0 Å². The van der Waals surface area contributed by atoms with Gasteiger partial charge in [-0.3, -0.25) is 0 Å². The number of hydrogen-bond acceptors (Lipinski definition) is 2. The van der Waals surface area contributed by atoms with Gasteiger partial charge in [-0.15, -0.1) is 0 Å². The lowest BCUT2D eigenvalue weighted by Gasteiger charge is -2.18. The third-order valence-corrected chi connectivity index (χ3v) is 4.16. The summed E-state index contributed by atoms with van der Waals surface area (Å²) in [5.74, 6) is 1.68. The molecule has 1 atom stereocenters. The molecule has 4 heteroatoms. The third kappa shape index (κ3) is 3.84. The molecule has 0 saturated heterocycles. The Labute approximate surface area is 136 Å². The molecule has 0 fully saturated rings. The maximum Gasteiger partial charge on any atom is 0.141 e. The highest BCUT2D eigenvalue weighted by molar-refractivity contribution is 9.10. The molecule has 0 radical (unpaired) electrons. The van der Waals surface area contributed by atoms with Gasteiger partial charge in [-0.25, -0.2) is 0 Å². The predicted octanol–water partition coefficient (Wildman–Crippen LogP) is 5.67. The molecule has 1 unspecified atom stereocenters. The van der Waals surface area contributed by atoms with Crippen molar-refractivity contribution < 1.29 is 4.74 Å². The van der Waals surface area contributed by atoms with E-state index in [0.717, 1.165) is 32.6 Å². The molecule has 0 amide bonds. The van der Waals surface area contributed by atoms with E-state index in [2.05, 4.69) is 57.1 Å². The van der Waals surface area contributed by atoms with Crippen molar-refractivity contribution >= 4 is 31.9 Å². The molecule has 0 aliphatic carbocycles. The van der Waals surface area contributed by atoms with Gasteiger partial charge < -0.3 is 10.1 Å². The lowest BCUT2D eigenvalue weighted by Crippen LogP contribution is -2.18. The maximum atomic E-state index is 6.07. The van der Waals surface area contributed by atoms with Crippen LogP contribution in [-0.4, -0.2) is 6.54 Å². The van der Waals surface area contributed by atoms with Crippen LogP contribution in [-0.2, 0) is 0 Å². The molecule has 1 N–H and O–H groups in total. The summed E-state index contributed by atoms with van der Waals surface area (Å²) >= 11 is 7.02. The number of ether oxygens (including phenoxy) is 1. The van der Waals surface area contributed by atoms with Gasteiger partial charge in [-0.05, 0) is 53.7 Å². The van der Waals surface area contributed by atoms with Crippen molar-refractivity contribution in [2.45, 2.75) is 19.9 Å². The van der Waals surface area contributed by atoms with Gasteiger partial charge in [0.05, 0.1) is 4.47 Å². The summed E-state index contributed by atoms with van der Waals surface area (Å²) in [6, 6.07) is 14.2. The molecule has 2 aromatic rings. The second kappa shape index (κ2) is 7.25. The second-order valence-corrected chi connectivity index (χ2v) is 6.26. The van der Waals surface area contributed by atoms with Gasteiger partial charge in [-0.2, -0.15) is 0 Å². The van der Waals surface area contributed by atoms with E-state index in [0.29, 0.717) is 0 Å². The fraction of sp³-hybridized carbons (Fsp3) is 0.250. The van der Waals surface area contributed by atoms with Gasteiger partial charge in [0.25, 0.3) is 0 Å². The molecule has 2 nitrogen and oxygen atoms in total. The molecule has 0 aliphatic rings. The van der Waals surface area contributed by atoms with E-state index in [9.17, 15) is 0 Å². The number of hydrogen-bond donors (Lipinski definition) is 1. The Morgan fingerprint density at radius 1 is 1.10 bits per heavy atom. The van der Waals surface area contributed by atoms with Crippen LogP contribution in [0.1, 0.15) is 25.5 Å². The predicted molar refractivity (Wildman–Crippen MR) is 90.4 cm³/mol. The van der Waals surface area contributed by atoms with E-state index >= 15 is 0 Å². The minimum atomic E-state index is 0.241. The minimum absolute atomic E-state index is 0.241. The van der Waals surface area contributed by atoms with Crippen molar-refractivity contribution in [3.63, 3.8) is 0 Å². The molecule has 0 heterocycles. The van der Waals surface area contributed by atoms with Crippen LogP contribution < -0.4 is 10.1 Å². The second-order valence-electron chi connectivity index (χ2n) is 4.49. The Hall–Kier alpha value is -0.840. The number of rotatable bonds is 5. The first-order valence-electron chi connectivity index (χ1n) is 6.57. The molecule has 106 valence electrons. The van der Waals surface area contributed by atoms with Crippen molar-refractivity contribution in [2.75, 3.05) is 6.54 Å². The SMILES string of the molecule is CCNC(C)c1ccc(Br)cc1Oc1ccccc1Br. The summed E-state index contributed by atoms with van der Waals surface area (Å²) in [5, 5.41) is 3.42.